The van der Waals surface area contributed by atoms with E-state index < -0.39 is 17.9 Å². The predicted molar refractivity (Wildman–Crippen MR) is 15.4 cm³/mol. The standard InChI is InChI=1S/C3HF3O2.Na/c4-1(2(5)6)3(7)8;/h(H,7,8);/q;+1/p-1. The van der Waals surface area contributed by atoms with E-state index in [0.717, 1.165) is 0 Å². The molecule has 0 N–H and O–H groups in total. The molecule has 2 nitrogen and oxygen atoms in total. The first kappa shape index (κ1) is 11.8. The summed E-state index contributed by atoms with van der Waals surface area (Å²) in [6.07, 6.45) is -2.87. The van der Waals surface area contributed by atoms with Crippen LogP contribution in [0.1, 0.15) is 0 Å². The van der Waals surface area contributed by atoms with Gasteiger partial charge in [0.15, 0.2) is 0 Å². The van der Waals surface area contributed by atoms with E-state index >= 15 is 0 Å². The Balaban J connectivity index is 0. The van der Waals surface area contributed by atoms with Crippen molar-refractivity contribution >= 4 is 5.97 Å². The Kier molecular flexibility index (Phi) is 6.32. The SMILES string of the molecule is O=C([O-])C(F)=C(F)F.[Na+]. The summed E-state index contributed by atoms with van der Waals surface area (Å²) in [4.78, 5) is 9.12. The molecule has 0 aromatic carbocycles. The van der Waals surface area contributed by atoms with Gasteiger partial charge in [-0.15, -0.1) is 0 Å². The Hall–Kier alpha value is 0. The van der Waals surface area contributed by atoms with Gasteiger partial charge in [0.2, 0.25) is 5.83 Å². The van der Waals surface area contributed by atoms with Crippen LogP contribution in [0.2, 0.25) is 0 Å². The van der Waals surface area contributed by atoms with Crippen molar-refractivity contribution in [1.82, 2.24) is 0 Å². The van der Waals surface area contributed by atoms with Gasteiger partial charge in [-0.3, -0.25) is 0 Å². The first-order valence-electron chi connectivity index (χ1n) is 1.48. The molecular weight excluding hydrogens is 148 g/mol. The van der Waals surface area contributed by atoms with Crippen LogP contribution in [0.3, 0.4) is 0 Å². The predicted octanol–water partition coefficient (Wildman–Crippen LogP) is -3.18. The Morgan fingerprint density at radius 2 is 1.56 bits per heavy atom. The summed E-state index contributed by atoms with van der Waals surface area (Å²) in [7, 11) is 0. The third-order valence-corrected chi connectivity index (χ3v) is 0.345. The largest absolute Gasteiger partial charge is 1.00 e. The maximum Gasteiger partial charge on any atom is 1.00 e. The van der Waals surface area contributed by atoms with E-state index in [1.54, 1.807) is 0 Å². The number of carbonyl (C=O) groups excluding carboxylic acids is 1. The normalized spacial score (nSPS) is 7.44. The molecule has 0 fully saturated rings. The number of aliphatic carboxylic acids is 1. The van der Waals surface area contributed by atoms with Gasteiger partial charge >= 0.3 is 35.6 Å². The summed E-state index contributed by atoms with van der Waals surface area (Å²) in [5.41, 5.74) is 0. The second-order valence-corrected chi connectivity index (χ2v) is 0.862. The van der Waals surface area contributed by atoms with Crippen LogP contribution >= 0.6 is 0 Å². The smallest absolute Gasteiger partial charge is 0.542 e. The van der Waals surface area contributed by atoms with Gasteiger partial charge in [-0.05, 0) is 0 Å². The molecule has 0 aliphatic carbocycles. The fraction of sp³-hybridized carbons (Fsp3) is 0. The number of carbonyl (C=O) groups is 1. The van der Waals surface area contributed by atoms with E-state index in [0.29, 0.717) is 0 Å². The van der Waals surface area contributed by atoms with Crippen LogP contribution in [-0.4, -0.2) is 5.97 Å². The minimum Gasteiger partial charge on any atom is -0.542 e. The van der Waals surface area contributed by atoms with Crippen LogP contribution in [0.5, 0.6) is 0 Å². The fourth-order valence-corrected chi connectivity index (χ4v) is 0.0772. The summed E-state index contributed by atoms with van der Waals surface area (Å²) in [5.74, 6) is -5.00. The van der Waals surface area contributed by atoms with Gasteiger partial charge in [0.25, 0.3) is 0 Å². The van der Waals surface area contributed by atoms with Gasteiger partial charge in [0.05, 0.1) is 0 Å². The maximum atomic E-state index is 11.1. The van der Waals surface area contributed by atoms with Crippen LogP contribution in [0.25, 0.3) is 0 Å². The van der Waals surface area contributed by atoms with E-state index in [9.17, 15) is 13.2 Å². The van der Waals surface area contributed by atoms with Crippen molar-refractivity contribution in [2.24, 2.45) is 0 Å². The third-order valence-electron chi connectivity index (χ3n) is 0.345. The number of hydrogen-bond acceptors (Lipinski definition) is 2. The molecule has 0 rings (SSSR count). The molecule has 0 spiro atoms. The van der Waals surface area contributed by atoms with E-state index in [2.05, 4.69) is 0 Å². The molecule has 0 radical (unpaired) electrons. The van der Waals surface area contributed by atoms with Crippen LogP contribution < -0.4 is 34.7 Å². The first-order chi connectivity index (χ1) is 3.55. The number of rotatable bonds is 1. The van der Waals surface area contributed by atoms with Gasteiger partial charge in [-0.25, -0.2) is 0 Å². The Morgan fingerprint density at radius 3 is 1.56 bits per heavy atom. The molecule has 46 valence electrons. The Bertz CT molecular complexity index is 140. The average Bonchev–Trinajstić information content (AvgIpc) is 1.64. The maximum absolute atomic E-state index is 11.1. The zero-order chi connectivity index (χ0) is 6.73. The fourth-order valence-electron chi connectivity index (χ4n) is 0.0772. The van der Waals surface area contributed by atoms with Crippen LogP contribution in [0, 0.1) is 0 Å². The number of hydrogen-bond donors (Lipinski definition) is 0. The van der Waals surface area contributed by atoms with E-state index in [1.165, 1.54) is 0 Å². The number of carboxylic acids is 1. The van der Waals surface area contributed by atoms with Gasteiger partial charge in [-0.2, -0.15) is 13.2 Å². The van der Waals surface area contributed by atoms with Gasteiger partial charge in [0, 0.05) is 0 Å². The van der Waals surface area contributed by atoms with Crippen molar-refractivity contribution in [3.05, 3.63) is 11.9 Å². The average molecular weight is 148 g/mol. The zero-order valence-electron chi connectivity index (χ0n) is 4.45. The molecule has 0 saturated heterocycles. The Labute approximate surface area is 70.6 Å². The second kappa shape index (κ2) is 4.84. The summed E-state index contributed by atoms with van der Waals surface area (Å²) in [5, 5.41) is 9.12. The molecule has 0 aliphatic rings. The molecule has 0 aromatic heterocycles. The summed E-state index contributed by atoms with van der Waals surface area (Å²) >= 11 is 0. The van der Waals surface area contributed by atoms with Crippen molar-refractivity contribution in [2.45, 2.75) is 0 Å². The monoisotopic (exact) mass is 148 g/mol. The molecule has 0 bridgehead atoms. The van der Waals surface area contributed by atoms with Crippen molar-refractivity contribution in [1.29, 1.82) is 0 Å². The minimum atomic E-state index is -2.87. The molecule has 9 heavy (non-hydrogen) atoms. The van der Waals surface area contributed by atoms with E-state index in [4.69, 9.17) is 9.90 Å². The van der Waals surface area contributed by atoms with Crippen LogP contribution in [-0.2, 0) is 4.79 Å². The third kappa shape index (κ3) is 4.50. The van der Waals surface area contributed by atoms with Crippen molar-refractivity contribution < 1.29 is 52.6 Å². The number of carboxylic acid groups (broad SMARTS) is 1. The van der Waals surface area contributed by atoms with Crippen LogP contribution in [0.15, 0.2) is 11.9 Å². The molecule has 0 atom stereocenters. The molecule has 0 saturated carbocycles. The van der Waals surface area contributed by atoms with E-state index in [-0.39, 0.29) is 29.6 Å². The number of halogens is 3. The molecule has 0 unspecified atom stereocenters. The molecule has 0 aromatic rings. The summed E-state index contributed by atoms with van der Waals surface area (Å²) in [6, 6.07) is 0. The van der Waals surface area contributed by atoms with Gasteiger partial charge < -0.3 is 9.90 Å². The Morgan fingerprint density at radius 1 is 1.22 bits per heavy atom. The molecule has 0 heterocycles. The van der Waals surface area contributed by atoms with E-state index in [1.807, 2.05) is 0 Å². The quantitative estimate of drug-likeness (QED) is 0.290. The van der Waals surface area contributed by atoms with Crippen LogP contribution in [0.4, 0.5) is 13.2 Å². The van der Waals surface area contributed by atoms with Crippen molar-refractivity contribution in [2.75, 3.05) is 0 Å². The molecular formula is C3F3NaO2. The molecule has 6 heteroatoms. The summed E-state index contributed by atoms with van der Waals surface area (Å²) < 4.78 is 32.6. The topological polar surface area (TPSA) is 40.1 Å². The minimum absolute atomic E-state index is 0. The first-order valence-corrected chi connectivity index (χ1v) is 1.48. The summed E-state index contributed by atoms with van der Waals surface area (Å²) in [6.45, 7) is 0. The van der Waals surface area contributed by atoms with Crippen molar-refractivity contribution in [3.8, 4) is 0 Å². The van der Waals surface area contributed by atoms with Crippen molar-refractivity contribution in [3.63, 3.8) is 0 Å². The van der Waals surface area contributed by atoms with Gasteiger partial charge in [-0.1, -0.05) is 0 Å². The van der Waals surface area contributed by atoms with Gasteiger partial charge in [0.1, 0.15) is 5.97 Å². The zero-order valence-corrected chi connectivity index (χ0v) is 6.45. The second-order valence-electron chi connectivity index (χ2n) is 0.862. The molecule has 0 amide bonds. The molecule has 0 aliphatic heterocycles.